The first-order valence-corrected chi connectivity index (χ1v) is 6.02. The largest absolute Gasteiger partial charge is 0.476 e. The molecule has 96 valence electrons. The lowest BCUT2D eigenvalue weighted by atomic mass is 10.2. The van der Waals surface area contributed by atoms with Crippen molar-refractivity contribution in [2.24, 2.45) is 0 Å². The van der Waals surface area contributed by atoms with Crippen molar-refractivity contribution in [1.29, 1.82) is 0 Å². The van der Waals surface area contributed by atoms with Crippen molar-refractivity contribution in [1.82, 2.24) is 9.38 Å². The highest BCUT2D eigenvalue weighted by molar-refractivity contribution is 5.78. The van der Waals surface area contributed by atoms with Crippen molar-refractivity contribution in [3.8, 4) is 5.88 Å². The molecule has 0 aliphatic heterocycles. The fraction of sp³-hybridized carbons (Fsp3) is 0.385. The van der Waals surface area contributed by atoms with E-state index in [1.54, 1.807) is 10.6 Å². The molecule has 2 aromatic heterocycles. The van der Waals surface area contributed by atoms with E-state index in [-0.39, 0.29) is 6.61 Å². The number of imidazole rings is 1. The molecule has 0 aromatic carbocycles. The van der Waals surface area contributed by atoms with Gasteiger partial charge >= 0.3 is 0 Å². The Labute approximate surface area is 105 Å². The number of hydrogen-bond acceptors (Lipinski definition) is 4. The van der Waals surface area contributed by atoms with Gasteiger partial charge in [-0.3, -0.25) is 9.20 Å². The van der Waals surface area contributed by atoms with E-state index in [1.807, 2.05) is 18.2 Å². The quantitative estimate of drug-likeness (QED) is 0.598. The zero-order chi connectivity index (χ0) is 12.8. The highest BCUT2D eigenvalue weighted by Crippen LogP contribution is 2.18. The first-order valence-electron chi connectivity index (χ1n) is 6.02. The fourth-order valence-corrected chi connectivity index (χ4v) is 1.77. The molecular formula is C13H16N2O3. The first-order chi connectivity index (χ1) is 8.86. The van der Waals surface area contributed by atoms with Crippen molar-refractivity contribution in [3.05, 3.63) is 30.1 Å². The van der Waals surface area contributed by atoms with Gasteiger partial charge in [0, 0.05) is 12.8 Å². The fourth-order valence-electron chi connectivity index (χ4n) is 1.77. The predicted octanol–water partition coefficient (Wildman–Crippen LogP) is 1.69. The standard InChI is InChI=1S/C13H16N2O3/c16-8-4-1-5-9-18-13-11(10-17)15-7-3-2-6-12(15)14-13/h2-3,6-7,10,16H,1,4-5,8-9H2. The number of carbonyl (C=O) groups is 1. The molecule has 0 aliphatic carbocycles. The molecule has 2 rings (SSSR count). The molecule has 0 amide bonds. The van der Waals surface area contributed by atoms with Crippen LogP contribution >= 0.6 is 0 Å². The maximum Gasteiger partial charge on any atom is 0.243 e. The van der Waals surface area contributed by atoms with Gasteiger partial charge in [-0.15, -0.1) is 0 Å². The number of unbranched alkanes of at least 4 members (excludes halogenated alkanes) is 2. The molecule has 0 radical (unpaired) electrons. The third-order valence-electron chi connectivity index (χ3n) is 2.69. The molecule has 0 aliphatic rings. The van der Waals surface area contributed by atoms with Crippen LogP contribution in [0.3, 0.4) is 0 Å². The highest BCUT2D eigenvalue weighted by Gasteiger charge is 2.11. The van der Waals surface area contributed by atoms with Crippen LogP contribution in [0.5, 0.6) is 5.88 Å². The minimum atomic E-state index is 0.202. The van der Waals surface area contributed by atoms with Gasteiger partial charge in [-0.1, -0.05) is 6.07 Å². The Balaban J connectivity index is 2.05. The summed E-state index contributed by atoms with van der Waals surface area (Å²) in [5, 5.41) is 8.66. The van der Waals surface area contributed by atoms with Crippen LogP contribution in [0.25, 0.3) is 5.65 Å². The van der Waals surface area contributed by atoms with Crippen LogP contribution in [0.2, 0.25) is 0 Å². The number of aldehydes is 1. The average Bonchev–Trinajstić information content (AvgIpc) is 2.76. The SMILES string of the molecule is O=Cc1c(OCCCCCO)nc2ccccn12. The Bertz CT molecular complexity index is 522. The van der Waals surface area contributed by atoms with Crippen molar-refractivity contribution < 1.29 is 14.6 Å². The third kappa shape index (κ3) is 2.68. The molecule has 0 atom stereocenters. The summed E-state index contributed by atoms with van der Waals surface area (Å²) in [6, 6.07) is 5.53. The second kappa shape index (κ2) is 6.16. The van der Waals surface area contributed by atoms with Crippen LogP contribution in [-0.2, 0) is 0 Å². The van der Waals surface area contributed by atoms with Gasteiger partial charge < -0.3 is 9.84 Å². The summed E-state index contributed by atoms with van der Waals surface area (Å²) in [7, 11) is 0. The Morgan fingerprint density at radius 2 is 2.22 bits per heavy atom. The zero-order valence-corrected chi connectivity index (χ0v) is 10.1. The summed E-state index contributed by atoms with van der Waals surface area (Å²) in [5.74, 6) is 0.375. The molecule has 0 saturated heterocycles. The first kappa shape index (κ1) is 12.6. The lowest BCUT2D eigenvalue weighted by molar-refractivity contribution is 0.111. The molecule has 0 bridgehead atoms. The second-order valence-electron chi connectivity index (χ2n) is 3.98. The molecule has 0 unspecified atom stereocenters. The molecule has 0 spiro atoms. The van der Waals surface area contributed by atoms with E-state index in [1.165, 1.54) is 0 Å². The Kier molecular flexibility index (Phi) is 4.30. The van der Waals surface area contributed by atoms with E-state index in [0.717, 1.165) is 25.5 Å². The molecular weight excluding hydrogens is 232 g/mol. The van der Waals surface area contributed by atoms with Crippen LogP contribution < -0.4 is 4.74 Å². The number of aliphatic hydroxyl groups is 1. The average molecular weight is 248 g/mol. The van der Waals surface area contributed by atoms with Crippen LogP contribution in [0.15, 0.2) is 24.4 Å². The predicted molar refractivity (Wildman–Crippen MR) is 67.0 cm³/mol. The maximum absolute atomic E-state index is 11.1. The van der Waals surface area contributed by atoms with Gasteiger partial charge in [0.15, 0.2) is 6.29 Å². The Hall–Kier alpha value is -1.88. The van der Waals surface area contributed by atoms with Crippen LogP contribution in [0, 0.1) is 0 Å². The Morgan fingerprint density at radius 3 is 3.00 bits per heavy atom. The molecule has 0 saturated carbocycles. The number of nitrogens with zero attached hydrogens (tertiary/aromatic N) is 2. The number of pyridine rings is 1. The van der Waals surface area contributed by atoms with Crippen LogP contribution in [-0.4, -0.2) is 34.0 Å². The molecule has 5 nitrogen and oxygen atoms in total. The second-order valence-corrected chi connectivity index (χ2v) is 3.98. The summed E-state index contributed by atoms with van der Waals surface area (Å²) < 4.78 is 7.22. The van der Waals surface area contributed by atoms with E-state index in [9.17, 15) is 4.79 Å². The van der Waals surface area contributed by atoms with Gasteiger partial charge in [-0.2, -0.15) is 4.98 Å². The van der Waals surface area contributed by atoms with Gasteiger partial charge in [0.05, 0.1) is 6.61 Å². The molecule has 1 N–H and O–H groups in total. The summed E-state index contributed by atoms with van der Waals surface area (Å²) in [6.07, 6.45) is 5.05. The number of hydrogen-bond donors (Lipinski definition) is 1. The maximum atomic E-state index is 11.1. The van der Waals surface area contributed by atoms with E-state index in [0.29, 0.717) is 23.8 Å². The summed E-state index contributed by atoms with van der Waals surface area (Å²) in [4.78, 5) is 15.3. The molecule has 2 heterocycles. The van der Waals surface area contributed by atoms with Crippen LogP contribution in [0.4, 0.5) is 0 Å². The highest BCUT2D eigenvalue weighted by atomic mass is 16.5. The number of ether oxygens (including phenoxy) is 1. The number of aromatic nitrogens is 2. The van der Waals surface area contributed by atoms with Gasteiger partial charge in [-0.25, -0.2) is 0 Å². The summed E-state index contributed by atoms with van der Waals surface area (Å²) in [6.45, 7) is 0.707. The molecule has 5 heteroatoms. The monoisotopic (exact) mass is 248 g/mol. The van der Waals surface area contributed by atoms with Crippen LogP contribution in [0.1, 0.15) is 29.8 Å². The van der Waals surface area contributed by atoms with E-state index in [2.05, 4.69) is 4.98 Å². The normalized spacial score (nSPS) is 10.7. The molecule has 2 aromatic rings. The lowest BCUT2D eigenvalue weighted by Gasteiger charge is -2.02. The van der Waals surface area contributed by atoms with Gasteiger partial charge in [0.2, 0.25) is 5.88 Å². The van der Waals surface area contributed by atoms with Crippen molar-refractivity contribution in [2.45, 2.75) is 19.3 Å². The number of aliphatic hydroxyl groups excluding tert-OH is 1. The molecule has 18 heavy (non-hydrogen) atoms. The van der Waals surface area contributed by atoms with E-state index >= 15 is 0 Å². The van der Waals surface area contributed by atoms with Gasteiger partial charge in [0.25, 0.3) is 0 Å². The van der Waals surface area contributed by atoms with Crippen molar-refractivity contribution in [3.63, 3.8) is 0 Å². The topological polar surface area (TPSA) is 63.8 Å². The van der Waals surface area contributed by atoms with Crippen molar-refractivity contribution in [2.75, 3.05) is 13.2 Å². The summed E-state index contributed by atoms with van der Waals surface area (Å²) in [5.41, 5.74) is 1.14. The number of rotatable bonds is 7. The lowest BCUT2D eigenvalue weighted by Crippen LogP contribution is -2.01. The summed E-state index contributed by atoms with van der Waals surface area (Å²) >= 11 is 0. The number of fused-ring (bicyclic) bond motifs is 1. The minimum absolute atomic E-state index is 0.202. The smallest absolute Gasteiger partial charge is 0.243 e. The number of carbonyl (C=O) groups excluding carboxylic acids is 1. The zero-order valence-electron chi connectivity index (χ0n) is 10.1. The van der Waals surface area contributed by atoms with Gasteiger partial charge in [-0.05, 0) is 31.4 Å². The Morgan fingerprint density at radius 1 is 1.33 bits per heavy atom. The van der Waals surface area contributed by atoms with E-state index < -0.39 is 0 Å². The third-order valence-corrected chi connectivity index (χ3v) is 2.69. The van der Waals surface area contributed by atoms with Gasteiger partial charge in [0.1, 0.15) is 11.3 Å². The van der Waals surface area contributed by atoms with E-state index in [4.69, 9.17) is 9.84 Å². The molecule has 0 fully saturated rings. The minimum Gasteiger partial charge on any atom is -0.476 e. The van der Waals surface area contributed by atoms with Crippen molar-refractivity contribution >= 4 is 11.9 Å².